The van der Waals surface area contributed by atoms with Crippen LogP contribution < -0.4 is 26.1 Å². The number of hydrogen-bond donors (Lipinski definition) is 6. The molecule has 23 heteroatoms. The Balaban J connectivity index is 1.35. The number of anilines is 3. The fourth-order valence-electron chi connectivity index (χ4n) is 5.57. The van der Waals surface area contributed by atoms with Crippen molar-refractivity contribution in [2.45, 2.75) is 9.79 Å². The average molecular weight is 864 g/mol. The summed E-state index contributed by atoms with van der Waals surface area (Å²) < 4.78 is 113. The molecule has 0 saturated heterocycles. The van der Waals surface area contributed by atoms with Gasteiger partial charge in [0.25, 0.3) is 30.4 Å². The molecule has 0 spiro atoms. The van der Waals surface area contributed by atoms with Gasteiger partial charge in [-0.2, -0.15) is 35.5 Å². The zero-order valence-electron chi connectivity index (χ0n) is 30.3. The summed E-state index contributed by atoms with van der Waals surface area (Å²) in [6, 6.07) is 14.8. The number of ether oxygens (including phenoxy) is 2. The van der Waals surface area contributed by atoms with E-state index in [9.17, 15) is 48.5 Å². The molecule has 7 N–H and O–H groups in total. The molecule has 0 unspecified atom stereocenters. The van der Waals surface area contributed by atoms with Gasteiger partial charge >= 0.3 is 0 Å². The second-order valence-corrected chi connectivity index (χ2v) is 16.4. The summed E-state index contributed by atoms with van der Waals surface area (Å²) in [7, 11) is -12.2. The molecule has 4 aromatic rings. The lowest BCUT2D eigenvalue weighted by Crippen LogP contribution is -2.28. The van der Waals surface area contributed by atoms with Gasteiger partial charge in [0.1, 0.15) is 32.7 Å². The van der Waals surface area contributed by atoms with Crippen molar-refractivity contribution in [2.75, 3.05) is 30.8 Å². The largest absolute Gasteiger partial charge is 0.494 e. The Bertz CT molecular complexity index is 2960. The van der Waals surface area contributed by atoms with Gasteiger partial charge in [0.15, 0.2) is 11.5 Å². The highest BCUT2D eigenvalue weighted by molar-refractivity contribution is 7.91. The molecule has 4 aromatic carbocycles. The van der Waals surface area contributed by atoms with Crippen molar-refractivity contribution in [2.24, 2.45) is 20.4 Å². The van der Waals surface area contributed by atoms with Crippen LogP contribution in [0.1, 0.15) is 15.9 Å². The average Bonchev–Trinajstić information content (AvgIpc) is 3.18. The molecule has 2 aliphatic carbocycles. The first-order valence-corrected chi connectivity index (χ1v) is 20.7. The smallest absolute Gasteiger partial charge is 0.296 e. The van der Waals surface area contributed by atoms with Gasteiger partial charge in [0, 0.05) is 0 Å². The predicted molar refractivity (Wildman–Crippen MR) is 215 cm³/mol. The molecule has 0 aromatic heterocycles. The summed E-state index contributed by atoms with van der Waals surface area (Å²) >= 11 is 0. The Labute approximate surface area is 335 Å². The first kappa shape index (κ1) is 41.7. The minimum absolute atomic E-state index is 0.00619. The van der Waals surface area contributed by atoms with Gasteiger partial charge in [-0.05, 0) is 102 Å². The fourth-order valence-corrected chi connectivity index (χ4v) is 7.38. The summed E-state index contributed by atoms with van der Waals surface area (Å²) in [6.45, 7) is 0. The third-order valence-corrected chi connectivity index (χ3v) is 11.0. The van der Waals surface area contributed by atoms with Crippen molar-refractivity contribution in [3.8, 4) is 22.6 Å². The van der Waals surface area contributed by atoms with Crippen LogP contribution in [0.2, 0.25) is 0 Å². The van der Waals surface area contributed by atoms with Crippen molar-refractivity contribution < 1.29 is 58.0 Å². The molecule has 0 fully saturated rings. The molecule has 0 atom stereocenters. The van der Waals surface area contributed by atoms with Gasteiger partial charge in [0.2, 0.25) is 5.78 Å². The highest BCUT2D eigenvalue weighted by Crippen LogP contribution is 2.42. The van der Waals surface area contributed by atoms with Crippen molar-refractivity contribution in [1.29, 1.82) is 0 Å². The summed E-state index contributed by atoms with van der Waals surface area (Å²) in [5, 5.41) is 16.1. The molecule has 6 rings (SSSR count). The zero-order chi connectivity index (χ0) is 42.9. The Kier molecular flexibility index (Phi) is 11.4. The number of nitrogens with two attached hydrogens (primary N) is 1. The second-order valence-electron chi connectivity index (χ2n) is 12.2. The van der Waals surface area contributed by atoms with Gasteiger partial charge < -0.3 is 15.2 Å². The Morgan fingerprint density at radius 1 is 0.678 bits per heavy atom. The van der Waals surface area contributed by atoms with Gasteiger partial charge in [0.05, 0.1) is 47.5 Å². The molecule has 304 valence electrons. The van der Waals surface area contributed by atoms with Crippen LogP contribution in [-0.4, -0.2) is 76.1 Å². The van der Waals surface area contributed by atoms with E-state index >= 15 is 0 Å². The minimum atomic E-state index is -5.23. The second kappa shape index (κ2) is 16.2. The molecule has 0 bridgehead atoms. The van der Waals surface area contributed by atoms with Crippen LogP contribution in [0, 0.1) is 0 Å². The lowest BCUT2D eigenvalue weighted by Gasteiger charge is -2.20. The maximum absolute atomic E-state index is 13.8. The number of hydrogen-bond acceptors (Lipinski definition) is 17. The summed E-state index contributed by atoms with van der Waals surface area (Å²) in [4.78, 5) is 22.7. The molecule has 2 aliphatic rings. The number of azo groups is 1. The van der Waals surface area contributed by atoms with Crippen LogP contribution in [-0.2, 0) is 35.1 Å². The molecule has 0 radical (unpaired) electrons. The summed E-state index contributed by atoms with van der Waals surface area (Å²) in [6.07, 6.45) is 6.56. The lowest BCUT2D eigenvalue weighted by atomic mass is 9.92. The molecule has 0 amide bonds. The SMILES string of the molecule is COc1cc(-c2ccc(NN=C3C=CC(=O)C=C3)c(OC)c2)ccc1N=Nc1c(S(=O)(=O)O)cc2c(c1N)C(=O)/C(=N/Nc1ccc(S(=O)(=O)O)cc1)C(S(=O)(=O)O)=C2. The number of nitrogens with one attached hydrogen (secondary N) is 2. The highest BCUT2D eigenvalue weighted by atomic mass is 32.2. The Morgan fingerprint density at radius 3 is 1.90 bits per heavy atom. The van der Waals surface area contributed by atoms with E-state index in [4.69, 9.17) is 15.2 Å². The van der Waals surface area contributed by atoms with Crippen LogP contribution in [0.25, 0.3) is 17.2 Å². The Morgan fingerprint density at radius 2 is 1.31 bits per heavy atom. The van der Waals surface area contributed by atoms with Crippen molar-refractivity contribution in [3.63, 3.8) is 0 Å². The van der Waals surface area contributed by atoms with Crippen LogP contribution in [0.15, 0.2) is 126 Å². The molecular weight excluding hydrogens is 835 g/mol. The van der Waals surface area contributed by atoms with E-state index in [1.54, 1.807) is 42.5 Å². The maximum atomic E-state index is 13.8. The van der Waals surface area contributed by atoms with E-state index in [1.165, 1.54) is 32.4 Å². The number of Topliss-reactive ketones (excluding diaryl/α,β-unsaturated/α-hetero) is 1. The molecule has 59 heavy (non-hydrogen) atoms. The van der Waals surface area contributed by atoms with Crippen molar-refractivity contribution in [1.82, 2.24) is 0 Å². The predicted octanol–water partition coefficient (Wildman–Crippen LogP) is 5.22. The topological polar surface area (TPSA) is 315 Å². The van der Waals surface area contributed by atoms with Crippen LogP contribution in [0.3, 0.4) is 0 Å². The fraction of sp³-hybridized carbons (Fsp3) is 0.0556. The minimum Gasteiger partial charge on any atom is -0.494 e. The van der Waals surface area contributed by atoms with Crippen molar-refractivity contribution >= 4 is 87.9 Å². The van der Waals surface area contributed by atoms with Gasteiger partial charge in [-0.3, -0.25) is 34.1 Å². The Hall–Kier alpha value is -6.89. The molecule has 0 aliphatic heterocycles. The number of rotatable bonds is 12. The van der Waals surface area contributed by atoms with Gasteiger partial charge in [-0.1, -0.05) is 12.1 Å². The molecule has 0 heterocycles. The maximum Gasteiger partial charge on any atom is 0.296 e. The number of methoxy groups -OCH3 is 2. The van der Waals surface area contributed by atoms with E-state index < -0.39 is 79.0 Å². The molecule has 20 nitrogen and oxygen atoms in total. The first-order chi connectivity index (χ1) is 27.8. The standard InChI is InChI=1S/C36H29N7O13S3/c1-55-28-15-19(3-13-26(28)40-38-22-5-9-24(44)10-6-22)20-4-14-27(29(16-20)56-2)41-42-34-30(58(49,50)51)17-21-18-31(59(52,53)54)35(36(45)32(21)33(34)37)43-39-23-7-11-25(12-8-23)57(46,47)48/h3-18,39-40H,37H2,1-2H3,(H,46,47,48)(H,49,50,51)(H,52,53,54)/b42-41?,43-35+. The number of allylic oxidation sites excluding steroid dienone is 5. The number of fused-ring (bicyclic) bond motifs is 1. The first-order valence-electron chi connectivity index (χ1n) is 16.4. The van der Waals surface area contributed by atoms with E-state index in [-0.39, 0.29) is 22.9 Å². The van der Waals surface area contributed by atoms with Crippen LogP contribution in [0.4, 0.5) is 28.4 Å². The molecular formula is C36H29N7O13S3. The number of hydrazone groups is 2. The lowest BCUT2D eigenvalue weighted by molar-refractivity contribution is -0.110. The number of carbonyl (C=O) groups excluding carboxylic acids is 2. The van der Waals surface area contributed by atoms with Gasteiger partial charge in [-0.25, -0.2) is 0 Å². The summed E-state index contributed by atoms with van der Waals surface area (Å²) in [5.41, 5.74) is 10.6. The van der Waals surface area contributed by atoms with Gasteiger partial charge in [-0.15, -0.1) is 10.2 Å². The normalized spacial score (nSPS) is 15.0. The number of ketones is 2. The zero-order valence-corrected chi connectivity index (χ0v) is 32.7. The van der Waals surface area contributed by atoms with E-state index in [0.717, 1.165) is 24.3 Å². The summed E-state index contributed by atoms with van der Waals surface area (Å²) in [5.74, 6) is -0.840. The van der Waals surface area contributed by atoms with E-state index in [2.05, 4.69) is 31.3 Å². The number of nitrogen functional groups attached to an aromatic ring is 1. The number of nitrogens with zero attached hydrogens (tertiary/aromatic N) is 4. The number of carbonyl (C=O) groups is 2. The quantitative estimate of drug-likeness (QED) is 0.0350. The van der Waals surface area contributed by atoms with E-state index in [0.29, 0.717) is 40.4 Å². The monoisotopic (exact) mass is 863 g/mol. The molecule has 0 saturated carbocycles. The number of benzene rings is 4. The van der Waals surface area contributed by atoms with Crippen LogP contribution >= 0.6 is 0 Å². The highest BCUT2D eigenvalue weighted by Gasteiger charge is 2.37. The third kappa shape index (κ3) is 9.14. The third-order valence-electron chi connectivity index (χ3n) is 8.41. The van der Waals surface area contributed by atoms with Crippen molar-refractivity contribution in [3.05, 3.63) is 107 Å². The van der Waals surface area contributed by atoms with E-state index in [1.807, 2.05) is 0 Å². The van der Waals surface area contributed by atoms with Crippen LogP contribution in [0.5, 0.6) is 11.5 Å².